The minimum absolute atomic E-state index is 0.463. The zero-order chi connectivity index (χ0) is 10.8. The van der Waals surface area contributed by atoms with Gasteiger partial charge in [0.1, 0.15) is 0 Å². The lowest BCUT2D eigenvalue weighted by Crippen LogP contribution is -2.35. The summed E-state index contributed by atoms with van der Waals surface area (Å²) in [5.41, 5.74) is 2.94. The monoisotopic (exact) mass is 233 g/mol. The van der Waals surface area contributed by atoms with Crippen molar-refractivity contribution in [2.24, 2.45) is 0 Å². The molecule has 0 saturated heterocycles. The maximum atomic E-state index is 3.89. The van der Waals surface area contributed by atoms with Crippen LogP contribution in [0.5, 0.6) is 0 Å². The van der Waals surface area contributed by atoms with E-state index in [0.717, 1.165) is 8.58 Å². The number of rotatable bonds is 0. The van der Waals surface area contributed by atoms with E-state index in [2.05, 4.69) is 29.6 Å². The van der Waals surface area contributed by atoms with Crippen LogP contribution in [0.15, 0.2) is 24.3 Å². The average molecular weight is 233 g/mol. The molecule has 2 heteroatoms. The molecule has 1 aromatic rings. The highest BCUT2D eigenvalue weighted by Gasteiger charge is 2.33. The molecule has 0 aromatic heterocycles. The van der Waals surface area contributed by atoms with Gasteiger partial charge >= 0.3 is 0 Å². The smallest absolute Gasteiger partial charge is 0.0540 e. The SMILES string of the molecule is c1ccc2c(c1)CCPC1(CCCCC1)N2. The van der Waals surface area contributed by atoms with Gasteiger partial charge in [-0.2, -0.15) is 0 Å². The molecule has 1 aliphatic heterocycles. The van der Waals surface area contributed by atoms with E-state index in [1.807, 2.05) is 0 Å². The minimum atomic E-state index is 0.463. The molecule has 1 aromatic carbocycles. The maximum Gasteiger partial charge on any atom is 0.0540 e. The Balaban J connectivity index is 1.89. The molecule has 1 unspecified atom stereocenters. The van der Waals surface area contributed by atoms with E-state index in [1.54, 1.807) is 0 Å². The number of anilines is 1. The second kappa shape index (κ2) is 4.37. The lowest BCUT2D eigenvalue weighted by atomic mass is 9.94. The number of hydrogen-bond acceptors (Lipinski definition) is 1. The molecule has 1 nitrogen and oxygen atoms in total. The summed E-state index contributed by atoms with van der Waals surface area (Å²) in [6.45, 7) is 0. The number of hydrogen-bond donors (Lipinski definition) is 1. The third-order valence-corrected chi connectivity index (χ3v) is 5.76. The van der Waals surface area contributed by atoms with Crippen LogP contribution < -0.4 is 5.32 Å². The highest BCUT2D eigenvalue weighted by Crippen LogP contribution is 2.47. The van der Waals surface area contributed by atoms with Gasteiger partial charge in [-0.3, -0.25) is 0 Å². The number of aryl methyl sites for hydroxylation is 1. The molecule has 1 N–H and O–H groups in total. The number of nitrogens with one attached hydrogen (secondary N) is 1. The summed E-state index contributed by atoms with van der Waals surface area (Å²) in [4.78, 5) is 0. The van der Waals surface area contributed by atoms with Crippen LogP contribution in [0.3, 0.4) is 0 Å². The summed E-state index contributed by atoms with van der Waals surface area (Å²) in [6.07, 6.45) is 9.70. The van der Waals surface area contributed by atoms with E-state index in [9.17, 15) is 0 Å². The van der Waals surface area contributed by atoms with Crippen LogP contribution in [-0.2, 0) is 6.42 Å². The van der Waals surface area contributed by atoms with E-state index in [1.165, 1.54) is 55.9 Å². The maximum absolute atomic E-state index is 3.89. The van der Waals surface area contributed by atoms with Crippen molar-refractivity contribution in [2.75, 3.05) is 11.5 Å². The zero-order valence-electron chi connectivity index (χ0n) is 9.76. The van der Waals surface area contributed by atoms with Crippen molar-refractivity contribution in [3.63, 3.8) is 0 Å². The summed E-state index contributed by atoms with van der Waals surface area (Å²) < 4.78 is 0. The van der Waals surface area contributed by atoms with Gasteiger partial charge < -0.3 is 5.32 Å². The molecular weight excluding hydrogens is 213 g/mol. The van der Waals surface area contributed by atoms with Crippen LogP contribution in [0.25, 0.3) is 0 Å². The summed E-state index contributed by atoms with van der Waals surface area (Å²) in [5, 5.41) is 4.35. The van der Waals surface area contributed by atoms with Crippen LogP contribution in [0.2, 0.25) is 0 Å². The first-order valence-corrected chi connectivity index (χ1v) is 7.70. The number of fused-ring (bicyclic) bond motifs is 1. The van der Waals surface area contributed by atoms with Crippen molar-refractivity contribution in [1.82, 2.24) is 0 Å². The summed E-state index contributed by atoms with van der Waals surface area (Å²) in [7, 11) is 1.10. The van der Waals surface area contributed by atoms with Gasteiger partial charge in [0.25, 0.3) is 0 Å². The summed E-state index contributed by atoms with van der Waals surface area (Å²) in [5.74, 6) is 0. The van der Waals surface area contributed by atoms with E-state index in [4.69, 9.17) is 0 Å². The Kier molecular flexibility index (Phi) is 2.90. The van der Waals surface area contributed by atoms with Gasteiger partial charge in [0, 0.05) is 5.69 Å². The molecule has 1 spiro atoms. The molecule has 0 radical (unpaired) electrons. The Morgan fingerprint density at radius 1 is 1.06 bits per heavy atom. The largest absolute Gasteiger partial charge is 0.376 e. The fraction of sp³-hybridized carbons (Fsp3) is 0.571. The minimum Gasteiger partial charge on any atom is -0.376 e. The average Bonchev–Trinajstić information content (AvgIpc) is 2.49. The quantitative estimate of drug-likeness (QED) is 0.668. The fourth-order valence-electron chi connectivity index (χ4n) is 3.06. The van der Waals surface area contributed by atoms with Crippen molar-refractivity contribution in [3.05, 3.63) is 29.8 Å². The normalized spacial score (nSPS) is 24.8. The van der Waals surface area contributed by atoms with Crippen LogP contribution in [0, 0.1) is 0 Å². The lowest BCUT2D eigenvalue weighted by Gasteiger charge is -2.38. The van der Waals surface area contributed by atoms with Crippen molar-refractivity contribution >= 4 is 14.3 Å². The molecular formula is C14H20NP. The molecule has 86 valence electrons. The van der Waals surface area contributed by atoms with Gasteiger partial charge in [-0.1, -0.05) is 46.0 Å². The Labute approximate surface area is 99.8 Å². The van der Waals surface area contributed by atoms with E-state index < -0.39 is 0 Å². The molecule has 1 aliphatic carbocycles. The Morgan fingerprint density at radius 3 is 2.75 bits per heavy atom. The van der Waals surface area contributed by atoms with Gasteiger partial charge in [-0.15, -0.1) is 0 Å². The van der Waals surface area contributed by atoms with Gasteiger partial charge in [0.2, 0.25) is 0 Å². The highest BCUT2D eigenvalue weighted by atomic mass is 31.1. The van der Waals surface area contributed by atoms with Gasteiger partial charge in [-0.25, -0.2) is 0 Å². The Bertz CT molecular complexity index is 369. The standard InChI is InChI=1S/C14H20NP/c1-4-9-14(10-5-1)15-13-7-3-2-6-12(13)8-11-16-14/h2-3,6-7,15-16H,1,4-5,8-11H2. The first kappa shape index (κ1) is 10.6. The molecule has 3 rings (SSSR count). The molecule has 0 amide bonds. The van der Waals surface area contributed by atoms with Crippen LogP contribution in [0.4, 0.5) is 5.69 Å². The third kappa shape index (κ3) is 1.98. The van der Waals surface area contributed by atoms with Crippen molar-refractivity contribution in [3.8, 4) is 0 Å². The van der Waals surface area contributed by atoms with E-state index in [-0.39, 0.29) is 0 Å². The second-order valence-corrected chi connectivity index (χ2v) is 6.91. The highest BCUT2D eigenvalue weighted by molar-refractivity contribution is 7.40. The summed E-state index contributed by atoms with van der Waals surface area (Å²) >= 11 is 0. The molecule has 2 aliphatic rings. The molecule has 1 saturated carbocycles. The van der Waals surface area contributed by atoms with Crippen LogP contribution >= 0.6 is 8.58 Å². The molecule has 1 fully saturated rings. The zero-order valence-corrected chi connectivity index (χ0v) is 10.8. The number of benzene rings is 1. The number of para-hydroxylation sites is 1. The fourth-order valence-corrected chi connectivity index (χ4v) is 4.86. The first-order chi connectivity index (χ1) is 7.88. The lowest BCUT2D eigenvalue weighted by molar-refractivity contribution is 0.427. The van der Waals surface area contributed by atoms with Crippen molar-refractivity contribution < 1.29 is 0 Å². The van der Waals surface area contributed by atoms with E-state index in [0.29, 0.717) is 5.28 Å². The van der Waals surface area contributed by atoms with Crippen molar-refractivity contribution in [2.45, 2.75) is 43.8 Å². The van der Waals surface area contributed by atoms with Crippen LogP contribution in [-0.4, -0.2) is 11.4 Å². The topological polar surface area (TPSA) is 12.0 Å². The van der Waals surface area contributed by atoms with Crippen molar-refractivity contribution in [1.29, 1.82) is 0 Å². The molecule has 16 heavy (non-hydrogen) atoms. The van der Waals surface area contributed by atoms with E-state index >= 15 is 0 Å². The second-order valence-electron chi connectivity index (χ2n) is 5.10. The predicted octanol–water partition coefficient (Wildman–Crippen LogP) is 3.99. The Morgan fingerprint density at radius 2 is 1.88 bits per heavy atom. The third-order valence-electron chi connectivity index (χ3n) is 3.96. The van der Waals surface area contributed by atoms with Gasteiger partial charge in [0.15, 0.2) is 0 Å². The molecule has 1 atom stereocenters. The Hall–Kier alpha value is -0.550. The van der Waals surface area contributed by atoms with Gasteiger partial charge in [-0.05, 0) is 37.1 Å². The first-order valence-electron chi connectivity index (χ1n) is 6.49. The summed E-state index contributed by atoms with van der Waals surface area (Å²) in [6, 6.07) is 8.88. The van der Waals surface area contributed by atoms with Gasteiger partial charge in [0.05, 0.1) is 5.28 Å². The molecule has 0 bridgehead atoms. The predicted molar refractivity (Wildman–Crippen MR) is 72.8 cm³/mol. The van der Waals surface area contributed by atoms with Crippen LogP contribution in [0.1, 0.15) is 37.7 Å². The molecule has 1 heterocycles.